The molecule has 0 aliphatic carbocycles. The summed E-state index contributed by atoms with van der Waals surface area (Å²) in [6.07, 6.45) is 3.03. The molecule has 0 saturated carbocycles. The van der Waals surface area contributed by atoms with E-state index < -0.39 is 10.0 Å². The van der Waals surface area contributed by atoms with Crippen molar-refractivity contribution in [2.45, 2.75) is 18.4 Å². The van der Waals surface area contributed by atoms with Gasteiger partial charge in [0.25, 0.3) is 10.0 Å². The molecule has 1 heterocycles. The van der Waals surface area contributed by atoms with Crippen LogP contribution in [-0.2, 0) is 23.6 Å². The molecule has 1 aromatic carbocycles. The van der Waals surface area contributed by atoms with E-state index in [9.17, 15) is 8.42 Å². The fourth-order valence-electron chi connectivity index (χ4n) is 1.79. The van der Waals surface area contributed by atoms with Crippen LogP contribution in [0, 0.1) is 0 Å². The minimum Gasteiger partial charge on any atom is -0.313 e. The molecule has 0 aliphatic heterocycles. The first-order valence-electron chi connectivity index (χ1n) is 6.43. The summed E-state index contributed by atoms with van der Waals surface area (Å²) in [7, 11) is -1.96. The average molecular weight is 329 g/mol. The Labute approximate surface area is 129 Å². The van der Waals surface area contributed by atoms with Gasteiger partial charge in [-0.15, -0.1) is 0 Å². The molecule has 0 unspecified atom stereocenters. The maximum atomic E-state index is 12.3. The zero-order chi connectivity index (χ0) is 15.5. The lowest BCUT2D eigenvalue weighted by Crippen LogP contribution is -2.14. The summed E-state index contributed by atoms with van der Waals surface area (Å²) in [6, 6.07) is 4.70. The smallest absolute Gasteiger partial charge is 0.262 e. The van der Waals surface area contributed by atoms with E-state index in [1.54, 1.807) is 19.3 Å². The van der Waals surface area contributed by atoms with Crippen molar-refractivity contribution in [3.05, 3.63) is 41.2 Å². The number of hydrogen-bond donors (Lipinski definition) is 2. The van der Waals surface area contributed by atoms with Crippen LogP contribution < -0.4 is 10.0 Å². The Morgan fingerprint density at radius 3 is 2.71 bits per heavy atom. The van der Waals surface area contributed by atoms with Crippen molar-refractivity contribution >= 4 is 27.3 Å². The summed E-state index contributed by atoms with van der Waals surface area (Å²) in [4.78, 5) is 0.122. The van der Waals surface area contributed by atoms with Crippen molar-refractivity contribution in [2.24, 2.45) is 7.05 Å². The number of anilines is 1. The second kappa shape index (κ2) is 6.46. The average Bonchev–Trinajstić information content (AvgIpc) is 2.82. The molecule has 0 radical (unpaired) electrons. The van der Waals surface area contributed by atoms with Crippen LogP contribution in [-0.4, -0.2) is 24.7 Å². The monoisotopic (exact) mass is 328 g/mol. The van der Waals surface area contributed by atoms with Crippen molar-refractivity contribution in [1.29, 1.82) is 0 Å². The SMILES string of the molecule is CCNCc1ccc(S(=O)(=O)Nc2cnn(C)c2)cc1Cl. The first kappa shape index (κ1) is 15.8. The molecule has 0 amide bonds. The van der Waals surface area contributed by atoms with Crippen LogP contribution in [0.1, 0.15) is 12.5 Å². The van der Waals surface area contributed by atoms with Gasteiger partial charge in [-0.05, 0) is 24.2 Å². The lowest BCUT2D eigenvalue weighted by molar-refractivity contribution is 0.601. The summed E-state index contributed by atoms with van der Waals surface area (Å²) in [5.41, 5.74) is 1.27. The highest BCUT2D eigenvalue weighted by atomic mass is 35.5. The molecule has 2 rings (SSSR count). The largest absolute Gasteiger partial charge is 0.313 e. The lowest BCUT2D eigenvalue weighted by atomic mass is 10.2. The predicted octanol–water partition coefficient (Wildman–Crippen LogP) is 1.98. The van der Waals surface area contributed by atoms with Crippen LogP contribution in [0.5, 0.6) is 0 Å². The molecule has 0 saturated heterocycles. The molecule has 0 spiro atoms. The van der Waals surface area contributed by atoms with Crippen molar-refractivity contribution in [3.8, 4) is 0 Å². The van der Waals surface area contributed by atoms with E-state index in [4.69, 9.17) is 11.6 Å². The molecule has 0 bridgehead atoms. The zero-order valence-corrected chi connectivity index (χ0v) is 13.4. The van der Waals surface area contributed by atoms with Gasteiger partial charge in [-0.25, -0.2) is 8.42 Å². The number of sulfonamides is 1. The number of aryl methyl sites for hydroxylation is 1. The van der Waals surface area contributed by atoms with Gasteiger partial charge in [0, 0.05) is 24.8 Å². The fourth-order valence-corrected chi connectivity index (χ4v) is 3.15. The molecule has 21 heavy (non-hydrogen) atoms. The molecule has 8 heteroatoms. The van der Waals surface area contributed by atoms with Crippen molar-refractivity contribution < 1.29 is 8.42 Å². The van der Waals surface area contributed by atoms with E-state index in [1.165, 1.54) is 23.0 Å². The Hall–Kier alpha value is -1.57. The molecule has 0 aliphatic rings. The molecular weight excluding hydrogens is 312 g/mol. The van der Waals surface area contributed by atoms with E-state index in [-0.39, 0.29) is 4.90 Å². The fraction of sp³-hybridized carbons (Fsp3) is 0.308. The van der Waals surface area contributed by atoms with Crippen molar-refractivity contribution in [1.82, 2.24) is 15.1 Å². The van der Waals surface area contributed by atoms with Crippen LogP contribution in [0.25, 0.3) is 0 Å². The standard InChI is InChI=1S/C13H17ClN4O2S/c1-3-15-7-10-4-5-12(6-13(10)14)21(19,20)17-11-8-16-18(2)9-11/h4-6,8-9,15,17H,3,7H2,1-2H3. The number of aromatic nitrogens is 2. The second-order valence-electron chi connectivity index (χ2n) is 4.54. The van der Waals surface area contributed by atoms with Crippen LogP contribution in [0.3, 0.4) is 0 Å². The summed E-state index contributed by atoms with van der Waals surface area (Å²) >= 11 is 6.13. The van der Waals surface area contributed by atoms with E-state index in [1.807, 2.05) is 6.92 Å². The summed E-state index contributed by atoms with van der Waals surface area (Å²) < 4.78 is 28.5. The first-order chi connectivity index (χ1) is 9.92. The van der Waals surface area contributed by atoms with Crippen LogP contribution in [0.2, 0.25) is 5.02 Å². The van der Waals surface area contributed by atoms with E-state index in [0.717, 1.165) is 12.1 Å². The zero-order valence-electron chi connectivity index (χ0n) is 11.8. The normalized spacial score (nSPS) is 11.6. The number of rotatable bonds is 6. The van der Waals surface area contributed by atoms with E-state index >= 15 is 0 Å². The maximum absolute atomic E-state index is 12.3. The molecule has 2 N–H and O–H groups in total. The van der Waals surface area contributed by atoms with Gasteiger partial charge >= 0.3 is 0 Å². The molecule has 1 aromatic heterocycles. The minimum absolute atomic E-state index is 0.122. The third-order valence-corrected chi connectivity index (χ3v) is 4.59. The van der Waals surface area contributed by atoms with Crippen LogP contribution >= 0.6 is 11.6 Å². The molecule has 0 fully saturated rings. The van der Waals surface area contributed by atoms with Gasteiger partial charge in [0.2, 0.25) is 0 Å². The number of nitrogens with zero attached hydrogens (tertiary/aromatic N) is 2. The number of halogens is 1. The topological polar surface area (TPSA) is 76.0 Å². The summed E-state index contributed by atoms with van der Waals surface area (Å²) in [5.74, 6) is 0. The third-order valence-electron chi connectivity index (χ3n) is 2.86. The van der Waals surface area contributed by atoms with Crippen molar-refractivity contribution in [3.63, 3.8) is 0 Å². The summed E-state index contributed by atoms with van der Waals surface area (Å²) in [5, 5.41) is 7.48. The van der Waals surface area contributed by atoms with Crippen LogP contribution in [0.4, 0.5) is 5.69 Å². The molecule has 0 atom stereocenters. The predicted molar refractivity (Wildman–Crippen MR) is 82.8 cm³/mol. The quantitative estimate of drug-likeness (QED) is 0.850. The van der Waals surface area contributed by atoms with Gasteiger partial charge in [-0.2, -0.15) is 5.10 Å². The highest BCUT2D eigenvalue weighted by Gasteiger charge is 2.16. The maximum Gasteiger partial charge on any atom is 0.262 e. The number of nitrogens with one attached hydrogen (secondary N) is 2. The van der Waals surface area contributed by atoms with E-state index in [0.29, 0.717) is 17.3 Å². The van der Waals surface area contributed by atoms with Crippen molar-refractivity contribution in [2.75, 3.05) is 11.3 Å². The number of hydrogen-bond acceptors (Lipinski definition) is 4. The Morgan fingerprint density at radius 1 is 1.38 bits per heavy atom. The lowest BCUT2D eigenvalue weighted by Gasteiger charge is -2.09. The Balaban J connectivity index is 2.22. The minimum atomic E-state index is -3.67. The van der Waals surface area contributed by atoms with Gasteiger partial charge in [0.05, 0.1) is 16.8 Å². The summed E-state index contributed by atoms with van der Waals surface area (Å²) in [6.45, 7) is 3.41. The Morgan fingerprint density at radius 2 is 2.14 bits per heavy atom. The first-order valence-corrected chi connectivity index (χ1v) is 8.29. The highest BCUT2D eigenvalue weighted by Crippen LogP contribution is 2.22. The third kappa shape index (κ3) is 3.96. The molecular formula is C13H17ClN4O2S. The van der Waals surface area contributed by atoms with Gasteiger partial charge in [-0.1, -0.05) is 24.6 Å². The second-order valence-corrected chi connectivity index (χ2v) is 6.63. The molecule has 6 nitrogen and oxygen atoms in total. The Kier molecular flexibility index (Phi) is 4.87. The Bertz CT molecular complexity index is 728. The highest BCUT2D eigenvalue weighted by molar-refractivity contribution is 7.92. The molecule has 114 valence electrons. The number of benzene rings is 1. The van der Waals surface area contributed by atoms with Gasteiger partial charge in [0.1, 0.15) is 0 Å². The van der Waals surface area contributed by atoms with Gasteiger partial charge < -0.3 is 5.32 Å². The van der Waals surface area contributed by atoms with Gasteiger partial charge in [0.15, 0.2) is 0 Å². The molecule has 2 aromatic rings. The van der Waals surface area contributed by atoms with E-state index in [2.05, 4.69) is 15.1 Å². The van der Waals surface area contributed by atoms with Gasteiger partial charge in [-0.3, -0.25) is 9.40 Å². The van der Waals surface area contributed by atoms with Crippen LogP contribution in [0.15, 0.2) is 35.5 Å².